The van der Waals surface area contributed by atoms with E-state index in [1.54, 1.807) is 12.5 Å². The van der Waals surface area contributed by atoms with Crippen molar-refractivity contribution in [3.05, 3.63) is 54.6 Å². The van der Waals surface area contributed by atoms with E-state index in [0.29, 0.717) is 0 Å². The fraction of sp³-hybridized carbons (Fsp3) is 0.182. The molecule has 1 heterocycles. The van der Waals surface area contributed by atoms with Crippen LogP contribution in [0.25, 0.3) is 0 Å². The van der Waals surface area contributed by atoms with Gasteiger partial charge in [-0.1, -0.05) is 30.3 Å². The van der Waals surface area contributed by atoms with Crippen LogP contribution >= 0.6 is 12.4 Å². The molecule has 0 aliphatic rings. The number of hydrogen-bond acceptors (Lipinski definition) is 2. The number of nitrogens with zero attached hydrogens (tertiary/aromatic N) is 2. The van der Waals surface area contributed by atoms with E-state index in [9.17, 15) is 0 Å². The van der Waals surface area contributed by atoms with Gasteiger partial charge in [0.05, 0.1) is 6.33 Å². The fourth-order valence-corrected chi connectivity index (χ4v) is 1.43. The third kappa shape index (κ3) is 3.08. The van der Waals surface area contributed by atoms with E-state index >= 15 is 0 Å². The normalized spacial score (nSPS) is 11.8. The first-order valence-corrected chi connectivity index (χ1v) is 4.62. The average molecular weight is 224 g/mol. The molecule has 1 unspecified atom stereocenters. The number of nitrogens with two attached hydrogens (primary N) is 1. The SMILES string of the molecule is Cl.NC(Cn1ccnc1)c1ccccc1. The lowest BCUT2D eigenvalue weighted by Crippen LogP contribution is -2.16. The van der Waals surface area contributed by atoms with Crippen molar-refractivity contribution in [1.82, 2.24) is 9.55 Å². The lowest BCUT2D eigenvalue weighted by molar-refractivity contribution is 0.576. The van der Waals surface area contributed by atoms with Crippen molar-refractivity contribution < 1.29 is 0 Å². The summed E-state index contributed by atoms with van der Waals surface area (Å²) in [5.74, 6) is 0. The van der Waals surface area contributed by atoms with Crippen LogP contribution in [0.4, 0.5) is 0 Å². The molecule has 1 atom stereocenters. The second kappa shape index (κ2) is 5.53. The largest absolute Gasteiger partial charge is 0.336 e. The van der Waals surface area contributed by atoms with Gasteiger partial charge in [-0.3, -0.25) is 0 Å². The van der Waals surface area contributed by atoms with E-state index in [4.69, 9.17) is 5.73 Å². The van der Waals surface area contributed by atoms with Crippen LogP contribution < -0.4 is 5.73 Å². The zero-order chi connectivity index (χ0) is 9.80. The van der Waals surface area contributed by atoms with Crippen LogP contribution in [-0.4, -0.2) is 9.55 Å². The van der Waals surface area contributed by atoms with Gasteiger partial charge in [-0.25, -0.2) is 4.98 Å². The van der Waals surface area contributed by atoms with E-state index in [0.717, 1.165) is 12.1 Å². The molecule has 0 radical (unpaired) electrons. The van der Waals surface area contributed by atoms with Crippen LogP contribution in [0.3, 0.4) is 0 Å². The number of benzene rings is 1. The third-order valence-corrected chi connectivity index (χ3v) is 2.19. The lowest BCUT2D eigenvalue weighted by atomic mass is 10.1. The summed E-state index contributed by atoms with van der Waals surface area (Å²) in [6.45, 7) is 0.768. The highest BCUT2D eigenvalue weighted by atomic mass is 35.5. The molecule has 2 rings (SSSR count). The minimum Gasteiger partial charge on any atom is -0.336 e. The molecule has 0 amide bonds. The minimum atomic E-state index is 0. The Labute approximate surface area is 95.4 Å². The zero-order valence-corrected chi connectivity index (χ0v) is 9.10. The topological polar surface area (TPSA) is 43.8 Å². The molecule has 4 heteroatoms. The molecular formula is C11H14ClN3. The van der Waals surface area contributed by atoms with Crippen LogP contribution in [-0.2, 0) is 6.54 Å². The number of halogens is 1. The van der Waals surface area contributed by atoms with Crippen molar-refractivity contribution in [2.45, 2.75) is 12.6 Å². The van der Waals surface area contributed by atoms with Crippen LogP contribution in [0.15, 0.2) is 49.1 Å². The highest BCUT2D eigenvalue weighted by Gasteiger charge is 2.04. The number of rotatable bonds is 3. The summed E-state index contributed by atoms with van der Waals surface area (Å²) in [5.41, 5.74) is 7.19. The molecular weight excluding hydrogens is 210 g/mol. The van der Waals surface area contributed by atoms with Crippen molar-refractivity contribution in [1.29, 1.82) is 0 Å². The van der Waals surface area contributed by atoms with Gasteiger partial charge in [0.15, 0.2) is 0 Å². The van der Waals surface area contributed by atoms with Crippen molar-refractivity contribution in [3.8, 4) is 0 Å². The molecule has 1 aromatic heterocycles. The Morgan fingerprint density at radius 2 is 2.00 bits per heavy atom. The Morgan fingerprint density at radius 1 is 1.27 bits per heavy atom. The van der Waals surface area contributed by atoms with Crippen LogP contribution in [0.1, 0.15) is 11.6 Å². The molecule has 0 spiro atoms. The maximum atomic E-state index is 6.04. The summed E-state index contributed by atoms with van der Waals surface area (Å²) in [5, 5.41) is 0. The molecule has 3 nitrogen and oxygen atoms in total. The summed E-state index contributed by atoms with van der Waals surface area (Å²) < 4.78 is 1.98. The number of aromatic nitrogens is 2. The van der Waals surface area contributed by atoms with Gasteiger partial charge in [0.2, 0.25) is 0 Å². The monoisotopic (exact) mass is 223 g/mol. The van der Waals surface area contributed by atoms with Gasteiger partial charge in [-0.15, -0.1) is 12.4 Å². The summed E-state index contributed by atoms with van der Waals surface area (Å²) in [6.07, 6.45) is 5.46. The predicted molar refractivity (Wildman–Crippen MR) is 62.8 cm³/mol. The minimum absolute atomic E-state index is 0. The number of imidazole rings is 1. The average Bonchev–Trinajstić information content (AvgIpc) is 2.72. The van der Waals surface area contributed by atoms with Gasteiger partial charge in [0.25, 0.3) is 0 Å². The first-order chi connectivity index (χ1) is 6.86. The second-order valence-corrected chi connectivity index (χ2v) is 3.28. The van der Waals surface area contributed by atoms with E-state index in [2.05, 4.69) is 4.98 Å². The molecule has 2 N–H and O–H groups in total. The van der Waals surface area contributed by atoms with Gasteiger partial charge in [-0.05, 0) is 5.56 Å². The third-order valence-electron chi connectivity index (χ3n) is 2.19. The summed E-state index contributed by atoms with van der Waals surface area (Å²) >= 11 is 0. The zero-order valence-electron chi connectivity index (χ0n) is 8.28. The summed E-state index contributed by atoms with van der Waals surface area (Å²) in [7, 11) is 0. The van der Waals surface area contributed by atoms with Crippen LogP contribution in [0, 0.1) is 0 Å². The summed E-state index contributed by atoms with van der Waals surface area (Å²) in [4.78, 5) is 3.98. The van der Waals surface area contributed by atoms with Gasteiger partial charge in [-0.2, -0.15) is 0 Å². The first-order valence-electron chi connectivity index (χ1n) is 4.62. The van der Waals surface area contributed by atoms with Crippen molar-refractivity contribution >= 4 is 12.4 Å². The van der Waals surface area contributed by atoms with Gasteiger partial charge in [0.1, 0.15) is 0 Å². The van der Waals surface area contributed by atoms with Crippen LogP contribution in [0.2, 0.25) is 0 Å². The Morgan fingerprint density at radius 3 is 2.60 bits per heavy atom. The van der Waals surface area contributed by atoms with E-state index in [-0.39, 0.29) is 18.4 Å². The van der Waals surface area contributed by atoms with E-state index in [1.165, 1.54) is 0 Å². The molecule has 0 saturated carbocycles. The highest BCUT2D eigenvalue weighted by Crippen LogP contribution is 2.11. The van der Waals surface area contributed by atoms with E-state index in [1.807, 2.05) is 41.1 Å². The van der Waals surface area contributed by atoms with Crippen molar-refractivity contribution in [2.24, 2.45) is 5.73 Å². The van der Waals surface area contributed by atoms with Gasteiger partial charge in [0, 0.05) is 25.0 Å². The lowest BCUT2D eigenvalue weighted by Gasteiger charge is -2.12. The van der Waals surface area contributed by atoms with Crippen LogP contribution in [0.5, 0.6) is 0 Å². The molecule has 0 aliphatic heterocycles. The molecule has 0 aliphatic carbocycles. The smallest absolute Gasteiger partial charge is 0.0946 e. The fourth-order valence-electron chi connectivity index (χ4n) is 1.43. The predicted octanol–water partition coefficient (Wildman–Crippen LogP) is 2.00. The Hall–Kier alpha value is -1.32. The molecule has 0 saturated heterocycles. The quantitative estimate of drug-likeness (QED) is 0.865. The maximum Gasteiger partial charge on any atom is 0.0946 e. The molecule has 0 fully saturated rings. The first kappa shape index (κ1) is 11.8. The molecule has 0 bridgehead atoms. The molecule has 2 aromatic rings. The maximum absolute atomic E-state index is 6.04. The van der Waals surface area contributed by atoms with Gasteiger partial charge < -0.3 is 10.3 Å². The Kier molecular flexibility index (Phi) is 4.34. The second-order valence-electron chi connectivity index (χ2n) is 3.28. The number of hydrogen-bond donors (Lipinski definition) is 1. The standard InChI is InChI=1S/C11H13N3.ClH/c12-11(8-14-7-6-13-9-14)10-4-2-1-3-5-10;/h1-7,9,11H,8,12H2;1H. The molecule has 80 valence electrons. The van der Waals surface area contributed by atoms with Gasteiger partial charge >= 0.3 is 0 Å². The van der Waals surface area contributed by atoms with Crippen molar-refractivity contribution in [2.75, 3.05) is 0 Å². The summed E-state index contributed by atoms with van der Waals surface area (Å²) in [6, 6.07) is 10.1. The molecule has 15 heavy (non-hydrogen) atoms. The van der Waals surface area contributed by atoms with E-state index < -0.39 is 0 Å². The van der Waals surface area contributed by atoms with Crippen molar-refractivity contribution in [3.63, 3.8) is 0 Å². The molecule has 1 aromatic carbocycles. The highest BCUT2D eigenvalue weighted by molar-refractivity contribution is 5.85. The Bertz CT molecular complexity index is 372. The Balaban J connectivity index is 0.00000112.